The molecule has 2 atom stereocenters. The molecular formula is C21H30N4O2. The third kappa shape index (κ3) is 3.36. The van der Waals surface area contributed by atoms with Crippen LogP contribution in [-0.2, 0) is 9.59 Å². The summed E-state index contributed by atoms with van der Waals surface area (Å²) in [6.07, 6.45) is 2.14. The largest absolute Gasteiger partial charge is 0.355 e. The molecule has 1 spiro atoms. The molecule has 6 heteroatoms. The summed E-state index contributed by atoms with van der Waals surface area (Å²) >= 11 is 0. The summed E-state index contributed by atoms with van der Waals surface area (Å²) in [4.78, 5) is 32.7. The number of rotatable bonds is 2. The molecule has 6 nitrogen and oxygen atoms in total. The lowest BCUT2D eigenvalue weighted by Crippen LogP contribution is -2.65. The van der Waals surface area contributed by atoms with Gasteiger partial charge in [0.05, 0.1) is 0 Å². The van der Waals surface area contributed by atoms with E-state index in [9.17, 15) is 9.59 Å². The van der Waals surface area contributed by atoms with Gasteiger partial charge in [-0.2, -0.15) is 0 Å². The van der Waals surface area contributed by atoms with Gasteiger partial charge in [-0.1, -0.05) is 30.3 Å². The van der Waals surface area contributed by atoms with E-state index in [1.54, 1.807) is 0 Å². The molecular weight excluding hydrogens is 340 g/mol. The van der Waals surface area contributed by atoms with Gasteiger partial charge in [-0.15, -0.1) is 0 Å². The fourth-order valence-corrected chi connectivity index (χ4v) is 4.94. The molecule has 4 rings (SSSR count). The minimum Gasteiger partial charge on any atom is -0.355 e. The Kier molecular flexibility index (Phi) is 4.95. The van der Waals surface area contributed by atoms with Gasteiger partial charge in [0.15, 0.2) is 0 Å². The van der Waals surface area contributed by atoms with Crippen LogP contribution in [0.25, 0.3) is 0 Å². The predicted octanol–water partition coefficient (Wildman–Crippen LogP) is 0.755. The van der Waals surface area contributed by atoms with Crippen LogP contribution in [0.5, 0.6) is 0 Å². The Morgan fingerprint density at radius 2 is 1.78 bits per heavy atom. The number of likely N-dealkylation sites (tertiary alicyclic amines) is 1. The van der Waals surface area contributed by atoms with E-state index in [1.807, 2.05) is 35.2 Å². The molecule has 1 aromatic carbocycles. The summed E-state index contributed by atoms with van der Waals surface area (Å²) in [6.45, 7) is 4.98. The zero-order chi connectivity index (χ0) is 19.0. The Labute approximate surface area is 161 Å². The van der Waals surface area contributed by atoms with Crippen molar-refractivity contribution in [3.05, 3.63) is 35.9 Å². The molecule has 2 amide bonds. The van der Waals surface area contributed by atoms with Crippen LogP contribution in [-0.4, -0.2) is 85.4 Å². The van der Waals surface area contributed by atoms with E-state index in [2.05, 4.69) is 29.2 Å². The summed E-state index contributed by atoms with van der Waals surface area (Å²) < 4.78 is 0. The molecule has 0 aliphatic carbocycles. The van der Waals surface area contributed by atoms with Crippen molar-refractivity contribution in [2.24, 2.45) is 5.92 Å². The van der Waals surface area contributed by atoms with Crippen molar-refractivity contribution >= 4 is 11.8 Å². The molecule has 0 aromatic heterocycles. The topological polar surface area (TPSA) is 55.9 Å². The van der Waals surface area contributed by atoms with Crippen LogP contribution < -0.4 is 5.32 Å². The van der Waals surface area contributed by atoms with Gasteiger partial charge in [0.25, 0.3) is 0 Å². The van der Waals surface area contributed by atoms with Crippen molar-refractivity contribution in [2.75, 3.05) is 53.4 Å². The molecule has 0 radical (unpaired) electrons. The van der Waals surface area contributed by atoms with E-state index in [0.717, 1.165) is 44.6 Å². The number of hydrogen-bond acceptors (Lipinski definition) is 4. The van der Waals surface area contributed by atoms with Crippen molar-refractivity contribution in [1.29, 1.82) is 0 Å². The highest BCUT2D eigenvalue weighted by Crippen LogP contribution is 2.35. The SMILES string of the molecule is CN1CCC2(CC1)CN(C(=O)[C@H]1C(=O)NC[C@H]1c1ccccc1)CCN2C. The highest BCUT2D eigenvalue weighted by molar-refractivity contribution is 6.03. The number of piperazine rings is 1. The number of hydrogen-bond donors (Lipinski definition) is 1. The second-order valence-electron chi connectivity index (χ2n) is 8.45. The summed E-state index contributed by atoms with van der Waals surface area (Å²) in [5.74, 6) is -0.783. The third-order valence-corrected chi connectivity index (χ3v) is 6.90. The lowest BCUT2D eigenvalue weighted by atomic mass is 9.82. The molecule has 3 heterocycles. The minimum absolute atomic E-state index is 0.00487. The van der Waals surface area contributed by atoms with Gasteiger partial charge in [0.1, 0.15) is 5.92 Å². The average Bonchev–Trinajstić information content (AvgIpc) is 3.08. The molecule has 146 valence electrons. The third-order valence-electron chi connectivity index (χ3n) is 6.90. The Balaban J connectivity index is 1.53. The van der Waals surface area contributed by atoms with Crippen molar-refractivity contribution in [3.8, 4) is 0 Å². The Morgan fingerprint density at radius 3 is 2.48 bits per heavy atom. The first kappa shape index (κ1) is 18.4. The second-order valence-corrected chi connectivity index (χ2v) is 8.45. The van der Waals surface area contributed by atoms with Gasteiger partial charge in [0, 0.05) is 37.6 Å². The smallest absolute Gasteiger partial charge is 0.235 e. The average molecular weight is 370 g/mol. The monoisotopic (exact) mass is 370 g/mol. The zero-order valence-electron chi connectivity index (χ0n) is 16.4. The quantitative estimate of drug-likeness (QED) is 0.781. The van der Waals surface area contributed by atoms with Gasteiger partial charge >= 0.3 is 0 Å². The van der Waals surface area contributed by atoms with Gasteiger partial charge < -0.3 is 15.1 Å². The van der Waals surface area contributed by atoms with Gasteiger partial charge in [-0.3, -0.25) is 14.5 Å². The number of likely N-dealkylation sites (N-methyl/N-ethyl adjacent to an activating group) is 1. The summed E-state index contributed by atoms with van der Waals surface area (Å²) in [5.41, 5.74) is 1.12. The molecule has 27 heavy (non-hydrogen) atoms. The minimum atomic E-state index is -0.598. The summed E-state index contributed by atoms with van der Waals surface area (Å²) in [5, 5.41) is 2.92. The number of amides is 2. The summed E-state index contributed by atoms with van der Waals surface area (Å²) in [6, 6.07) is 9.96. The summed E-state index contributed by atoms with van der Waals surface area (Å²) in [7, 11) is 4.34. The molecule has 3 aliphatic heterocycles. The molecule has 3 aliphatic rings. The van der Waals surface area contributed by atoms with Crippen molar-refractivity contribution in [2.45, 2.75) is 24.3 Å². The highest BCUT2D eigenvalue weighted by atomic mass is 16.2. The molecule has 1 N–H and O–H groups in total. The van der Waals surface area contributed by atoms with Crippen LogP contribution in [0.3, 0.4) is 0 Å². The van der Waals surface area contributed by atoms with Gasteiger partial charge in [0.2, 0.25) is 11.8 Å². The molecule has 0 bridgehead atoms. The number of piperidine rings is 1. The number of carbonyl (C=O) groups excluding carboxylic acids is 2. The molecule has 3 saturated heterocycles. The van der Waals surface area contributed by atoms with Gasteiger partial charge in [-0.05, 0) is 45.6 Å². The van der Waals surface area contributed by atoms with Crippen LogP contribution in [0, 0.1) is 5.92 Å². The number of benzene rings is 1. The predicted molar refractivity (Wildman–Crippen MR) is 104 cm³/mol. The molecule has 1 aromatic rings. The first-order chi connectivity index (χ1) is 13.0. The van der Waals surface area contributed by atoms with E-state index < -0.39 is 5.92 Å². The van der Waals surface area contributed by atoms with E-state index >= 15 is 0 Å². The van der Waals surface area contributed by atoms with E-state index in [1.165, 1.54) is 0 Å². The van der Waals surface area contributed by atoms with Crippen LogP contribution in [0.1, 0.15) is 24.3 Å². The van der Waals surface area contributed by atoms with Crippen LogP contribution in [0.15, 0.2) is 30.3 Å². The maximum absolute atomic E-state index is 13.4. The lowest BCUT2D eigenvalue weighted by Gasteiger charge is -2.53. The zero-order valence-corrected chi connectivity index (χ0v) is 16.4. The van der Waals surface area contributed by atoms with E-state index in [-0.39, 0.29) is 23.3 Å². The van der Waals surface area contributed by atoms with Crippen molar-refractivity contribution in [3.63, 3.8) is 0 Å². The molecule has 0 saturated carbocycles. The normalized spacial score (nSPS) is 29.1. The maximum atomic E-state index is 13.4. The number of nitrogens with one attached hydrogen (secondary N) is 1. The first-order valence-corrected chi connectivity index (χ1v) is 10.0. The van der Waals surface area contributed by atoms with Crippen molar-refractivity contribution in [1.82, 2.24) is 20.0 Å². The van der Waals surface area contributed by atoms with Crippen LogP contribution in [0.4, 0.5) is 0 Å². The Bertz CT molecular complexity index is 699. The van der Waals surface area contributed by atoms with Crippen LogP contribution >= 0.6 is 0 Å². The standard InChI is InChI=1S/C21H30N4O2/c1-23-10-8-21(9-11-23)15-25(13-12-24(21)2)20(27)18-17(14-22-19(18)26)16-6-4-3-5-7-16/h3-7,17-18H,8-15H2,1-2H3,(H,22,26)/t17-,18+/m0/s1. The number of carbonyl (C=O) groups is 2. The van der Waals surface area contributed by atoms with Crippen molar-refractivity contribution < 1.29 is 9.59 Å². The van der Waals surface area contributed by atoms with Crippen LogP contribution in [0.2, 0.25) is 0 Å². The fraction of sp³-hybridized carbons (Fsp3) is 0.619. The fourth-order valence-electron chi connectivity index (χ4n) is 4.94. The Hall–Kier alpha value is -1.92. The number of nitrogens with zero attached hydrogens (tertiary/aromatic N) is 3. The molecule has 0 unspecified atom stereocenters. The first-order valence-electron chi connectivity index (χ1n) is 10.0. The lowest BCUT2D eigenvalue weighted by molar-refractivity contribution is -0.146. The van der Waals surface area contributed by atoms with E-state index in [0.29, 0.717) is 13.1 Å². The highest BCUT2D eigenvalue weighted by Gasteiger charge is 2.47. The maximum Gasteiger partial charge on any atom is 0.235 e. The Morgan fingerprint density at radius 1 is 1.07 bits per heavy atom. The second kappa shape index (κ2) is 7.24. The molecule has 3 fully saturated rings. The van der Waals surface area contributed by atoms with Gasteiger partial charge in [-0.25, -0.2) is 0 Å². The van der Waals surface area contributed by atoms with E-state index in [4.69, 9.17) is 0 Å².